The molecule has 0 unspecified atom stereocenters. The Labute approximate surface area is 123 Å². The van der Waals surface area contributed by atoms with Crippen molar-refractivity contribution in [3.05, 3.63) is 33.9 Å². The molecule has 21 heavy (non-hydrogen) atoms. The Morgan fingerprint density at radius 3 is 2.67 bits per heavy atom. The van der Waals surface area contributed by atoms with Crippen LogP contribution in [-0.2, 0) is 0 Å². The van der Waals surface area contributed by atoms with E-state index >= 15 is 0 Å². The van der Waals surface area contributed by atoms with Crippen molar-refractivity contribution in [2.75, 3.05) is 18.9 Å². The van der Waals surface area contributed by atoms with Gasteiger partial charge in [0, 0.05) is 25.2 Å². The van der Waals surface area contributed by atoms with Gasteiger partial charge in [-0.15, -0.1) is 0 Å². The average Bonchev–Trinajstić information content (AvgIpc) is 3.36. The summed E-state index contributed by atoms with van der Waals surface area (Å²) in [5, 5.41) is 16.7. The van der Waals surface area contributed by atoms with Gasteiger partial charge in [0.1, 0.15) is 5.69 Å². The Balaban J connectivity index is 1.69. The summed E-state index contributed by atoms with van der Waals surface area (Å²) in [5.74, 6) is 0.548. The molecule has 2 N–H and O–H groups in total. The average molecular weight is 289 g/mol. The van der Waals surface area contributed by atoms with Crippen LogP contribution in [0.3, 0.4) is 0 Å². The molecule has 0 heterocycles. The molecule has 6 nitrogen and oxygen atoms in total. The van der Waals surface area contributed by atoms with Gasteiger partial charge < -0.3 is 10.6 Å². The normalized spacial score (nSPS) is 18.9. The van der Waals surface area contributed by atoms with Gasteiger partial charge >= 0.3 is 0 Å². The zero-order valence-electron chi connectivity index (χ0n) is 12.0. The molecular formula is C15H19N3O3. The lowest BCUT2D eigenvalue weighted by Crippen LogP contribution is -2.31. The Bertz CT molecular complexity index is 592. The van der Waals surface area contributed by atoms with E-state index in [-0.39, 0.29) is 11.6 Å². The Morgan fingerprint density at radius 2 is 2.14 bits per heavy atom. The van der Waals surface area contributed by atoms with Gasteiger partial charge in [-0.05, 0) is 49.1 Å². The summed E-state index contributed by atoms with van der Waals surface area (Å²) in [5.41, 5.74) is 1.00. The number of rotatable bonds is 6. The van der Waals surface area contributed by atoms with Crippen LogP contribution < -0.4 is 10.6 Å². The number of hydrogen-bond acceptors (Lipinski definition) is 4. The van der Waals surface area contributed by atoms with E-state index in [0.29, 0.717) is 23.2 Å². The van der Waals surface area contributed by atoms with E-state index < -0.39 is 4.92 Å². The molecule has 2 saturated carbocycles. The quantitative estimate of drug-likeness (QED) is 0.622. The Kier molecular flexibility index (Phi) is 3.31. The summed E-state index contributed by atoms with van der Waals surface area (Å²) < 4.78 is 0. The minimum atomic E-state index is -0.477. The summed E-state index contributed by atoms with van der Waals surface area (Å²) in [4.78, 5) is 22.7. The summed E-state index contributed by atoms with van der Waals surface area (Å²) in [6.45, 7) is 0.693. The molecule has 2 fully saturated rings. The van der Waals surface area contributed by atoms with Crippen molar-refractivity contribution in [1.29, 1.82) is 0 Å². The van der Waals surface area contributed by atoms with Crippen LogP contribution in [0.15, 0.2) is 18.2 Å². The monoisotopic (exact) mass is 289 g/mol. The number of carbonyl (C=O) groups is 1. The molecule has 0 bridgehead atoms. The predicted molar refractivity (Wildman–Crippen MR) is 79.4 cm³/mol. The number of amides is 1. The summed E-state index contributed by atoms with van der Waals surface area (Å²) >= 11 is 0. The molecule has 0 radical (unpaired) electrons. The first kappa shape index (κ1) is 13.9. The molecule has 1 aromatic carbocycles. The van der Waals surface area contributed by atoms with E-state index in [1.54, 1.807) is 19.2 Å². The molecule has 112 valence electrons. The molecule has 3 rings (SSSR count). The van der Waals surface area contributed by atoms with Crippen LogP contribution in [0.25, 0.3) is 0 Å². The molecule has 2 aliphatic rings. The third kappa shape index (κ3) is 2.70. The van der Waals surface area contributed by atoms with Crippen molar-refractivity contribution in [1.82, 2.24) is 5.32 Å². The van der Waals surface area contributed by atoms with Gasteiger partial charge in [0.2, 0.25) is 0 Å². The molecule has 0 spiro atoms. The predicted octanol–water partition coefficient (Wildman–Crippen LogP) is 2.56. The molecule has 6 heteroatoms. The molecular weight excluding hydrogens is 270 g/mol. The first-order valence-corrected chi connectivity index (χ1v) is 7.30. The lowest BCUT2D eigenvalue weighted by atomic mass is 10.0. The maximum Gasteiger partial charge on any atom is 0.293 e. The van der Waals surface area contributed by atoms with Gasteiger partial charge in [-0.25, -0.2) is 0 Å². The highest BCUT2D eigenvalue weighted by Gasteiger charge is 2.53. The SMILES string of the molecule is CNc1ccc(C(=O)NCC2(C3CC3)CC2)cc1[N+](=O)[O-]. The van der Waals surface area contributed by atoms with Crippen molar-refractivity contribution in [3.8, 4) is 0 Å². The second kappa shape index (κ2) is 5.02. The third-order valence-corrected chi connectivity index (χ3v) is 4.66. The highest BCUT2D eigenvalue weighted by atomic mass is 16.6. The zero-order chi connectivity index (χ0) is 15.0. The zero-order valence-corrected chi connectivity index (χ0v) is 12.0. The fraction of sp³-hybridized carbons (Fsp3) is 0.533. The summed E-state index contributed by atoms with van der Waals surface area (Å²) in [6.07, 6.45) is 4.93. The largest absolute Gasteiger partial charge is 0.383 e. The second-order valence-electron chi connectivity index (χ2n) is 6.06. The number of nitro benzene ring substituents is 1. The number of nitrogens with zero attached hydrogens (tertiary/aromatic N) is 1. The molecule has 0 saturated heterocycles. The van der Waals surface area contributed by atoms with Crippen LogP contribution in [0.2, 0.25) is 0 Å². The number of anilines is 1. The lowest BCUT2D eigenvalue weighted by molar-refractivity contribution is -0.384. The molecule has 1 aromatic rings. The highest BCUT2D eigenvalue weighted by molar-refractivity contribution is 5.95. The van der Waals surface area contributed by atoms with Crippen LogP contribution in [0, 0.1) is 21.4 Å². The number of nitro groups is 1. The van der Waals surface area contributed by atoms with Crippen molar-refractivity contribution >= 4 is 17.3 Å². The topological polar surface area (TPSA) is 84.3 Å². The van der Waals surface area contributed by atoms with E-state index in [0.717, 1.165) is 5.92 Å². The minimum absolute atomic E-state index is 0.0755. The van der Waals surface area contributed by atoms with E-state index in [9.17, 15) is 14.9 Å². The van der Waals surface area contributed by atoms with E-state index in [1.165, 1.54) is 31.7 Å². The first-order valence-electron chi connectivity index (χ1n) is 7.30. The smallest absolute Gasteiger partial charge is 0.293 e. The van der Waals surface area contributed by atoms with Gasteiger partial charge in [0.15, 0.2) is 0 Å². The van der Waals surface area contributed by atoms with Gasteiger partial charge in [0.25, 0.3) is 11.6 Å². The maximum absolute atomic E-state index is 12.2. The van der Waals surface area contributed by atoms with Crippen molar-refractivity contribution in [2.24, 2.45) is 11.3 Å². The third-order valence-electron chi connectivity index (χ3n) is 4.66. The van der Waals surface area contributed by atoms with Crippen molar-refractivity contribution < 1.29 is 9.72 Å². The van der Waals surface area contributed by atoms with Crippen LogP contribution >= 0.6 is 0 Å². The maximum atomic E-state index is 12.2. The lowest BCUT2D eigenvalue weighted by Gasteiger charge is -2.15. The van der Waals surface area contributed by atoms with Gasteiger partial charge in [-0.3, -0.25) is 14.9 Å². The van der Waals surface area contributed by atoms with Gasteiger partial charge in [0.05, 0.1) is 4.92 Å². The molecule has 0 atom stereocenters. The Morgan fingerprint density at radius 1 is 1.43 bits per heavy atom. The molecule has 0 aliphatic heterocycles. The summed E-state index contributed by atoms with van der Waals surface area (Å²) in [7, 11) is 1.62. The number of carbonyl (C=O) groups excluding carboxylic acids is 1. The second-order valence-corrected chi connectivity index (χ2v) is 6.06. The number of nitrogens with one attached hydrogen (secondary N) is 2. The van der Waals surface area contributed by atoms with Crippen LogP contribution in [0.1, 0.15) is 36.0 Å². The van der Waals surface area contributed by atoms with E-state index in [4.69, 9.17) is 0 Å². The van der Waals surface area contributed by atoms with E-state index in [1.807, 2.05) is 0 Å². The van der Waals surface area contributed by atoms with Crippen molar-refractivity contribution in [3.63, 3.8) is 0 Å². The van der Waals surface area contributed by atoms with Crippen LogP contribution in [0.4, 0.5) is 11.4 Å². The standard InChI is InChI=1S/C15H19N3O3/c1-16-12-5-2-10(8-13(12)18(20)21)14(19)17-9-15(6-7-15)11-3-4-11/h2,5,8,11,16H,3-4,6-7,9H2,1H3,(H,17,19). The Hall–Kier alpha value is -2.11. The molecule has 1 amide bonds. The van der Waals surface area contributed by atoms with Crippen LogP contribution in [0.5, 0.6) is 0 Å². The fourth-order valence-electron chi connectivity index (χ4n) is 2.98. The van der Waals surface area contributed by atoms with Gasteiger partial charge in [-0.1, -0.05) is 0 Å². The fourth-order valence-corrected chi connectivity index (χ4v) is 2.98. The summed E-state index contributed by atoms with van der Waals surface area (Å²) in [6, 6.07) is 4.52. The highest BCUT2D eigenvalue weighted by Crippen LogP contribution is 2.60. The van der Waals surface area contributed by atoms with Crippen molar-refractivity contribution in [2.45, 2.75) is 25.7 Å². The van der Waals surface area contributed by atoms with Crippen LogP contribution in [-0.4, -0.2) is 24.4 Å². The number of benzene rings is 1. The minimum Gasteiger partial charge on any atom is -0.383 e. The number of hydrogen-bond donors (Lipinski definition) is 2. The molecule has 0 aromatic heterocycles. The van der Waals surface area contributed by atoms with E-state index in [2.05, 4.69) is 10.6 Å². The molecule has 2 aliphatic carbocycles. The first-order chi connectivity index (χ1) is 10.1. The van der Waals surface area contributed by atoms with Gasteiger partial charge in [-0.2, -0.15) is 0 Å².